The van der Waals surface area contributed by atoms with Gasteiger partial charge in [-0.15, -0.1) is 0 Å². The van der Waals surface area contributed by atoms with Crippen LogP contribution in [0.25, 0.3) is 0 Å². The van der Waals surface area contributed by atoms with E-state index >= 15 is 0 Å². The quantitative estimate of drug-likeness (QED) is 0.147. The Bertz CT molecular complexity index is 330. The second kappa shape index (κ2) is 21.1. The average molecular weight is 399 g/mol. The molecule has 0 aliphatic rings. The third-order valence-corrected chi connectivity index (χ3v) is 5.78. The van der Waals surface area contributed by atoms with Gasteiger partial charge in [0.05, 0.1) is 6.61 Å². The van der Waals surface area contributed by atoms with Crippen LogP contribution in [0, 0.1) is 11.8 Å². The molecule has 3 nitrogen and oxygen atoms in total. The van der Waals surface area contributed by atoms with Crippen LogP contribution in [0.15, 0.2) is 0 Å². The molecule has 168 valence electrons. The molecule has 0 bridgehead atoms. The molecule has 0 aliphatic carbocycles. The number of carbonyl (C=O) groups is 1. The number of unbranched alkanes of at least 4 members (excludes halogenated alkanes) is 9. The van der Waals surface area contributed by atoms with Crippen molar-refractivity contribution in [1.82, 2.24) is 0 Å². The Balaban J connectivity index is 3.82. The number of rotatable bonds is 21. The van der Waals surface area contributed by atoms with Crippen LogP contribution in [-0.4, -0.2) is 25.8 Å². The van der Waals surface area contributed by atoms with Crippen molar-refractivity contribution in [3.63, 3.8) is 0 Å². The van der Waals surface area contributed by atoms with Gasteiger partial charge in [-0.1, -0.05) is 98.3 Å². The smallest absolute Gasteiger partial charge is 0.305 e. The summed E-state index contributed by atoms with van der Waals surface area (Å²) in [6.07, 6.45) is 17.6. The minimum absolute atomic E-state index is 0.0117. The Morgan fingerprint density at radius 1 is 0.679 bits per heavy atom. The number of ether oxygens (including phenoxy) is 2. The Morgan fingerprint density at radius 2 is 1.21 bits per heavy atom. The molecule has 2 unspecified atom stereocenters. The van der Waals surface area contributed by atoms with Gasteiger partial charge < -0.3 is 9.47 Å². The fourth-order valence-electron chi connectivity index (χ4n) is 3.57. The molecule has 0 fully saturated rings. The van der Waals surface area contributed by atoms with E-state index < -0.39 is 0 Å². The fraction of sp³-hybridized carbons (Fsp3) is 0.960. The Hall–Kier alpha value is -0.570. The van der Waals surface area contributed by atoms with E-state index in [1.807, 2.05) is 0 Å². The summed E-state index contributed by atoms with van der Waals surface area (Å²) in [4.78, 5) is 11.9. The van der Waals surface area contributed by atoms with Crippen molar-refractivity contribution in [3.05, 3.63) is 0 Å². The van der Waals surface area contributed by atoms with Gasteiger partial charge in [-0.25, -0.2) is 0 Å². The fourth-order valence-corrected chi connectivity index (χ4v) is 3.57. The second-order valence-electron chi connectivity index (χ2n) is 8.47. The lowest BCUT2D eigenvalue weighted by molar-refractivity contribution is -0.145. The largest absolute Gasteiger partial charge is 0.465 e. The molecule has 0 heterocycles. The summed E-state index contributed by atoms with van der Waals surface area (Å²) in [5.74, 6) is 1.03. The highest BCUT2D eigenvalue weighted by Crippen LogP contribution is 2.20. The molecule has 0 aliphatic heterocycles. The van der Waals surface area contributed by atoms with Crippen LogP contribution in [0.1, 0.15) is 124 Å². The maximum atomic E-state index is 11.9. The normalized spacial score (nSPS) is 13.4. The SMILES string of the molecule is CCCCCCCCOCC(CC)CC(CC)COC(=O)CCCCCCC. The molecule has 0 rings (SSSR count). The van der Waals surface area contributed by atoms with Gasteiger partial charge in [0.1, 0.15) is 0 Å². The summed E-state index contributed by atoms with van der Waals surface area (Å²) in [5, 5.41) is 0. The van der Waals surface area contributed by atoms with E-state index in [0.717, 1.165) is 45.3 Å². The maximum absolute atomic E-state index is 11.9. The Morgan fingerprint density at radius 3 is 1.82 bits per heavy atom. The zero-order valence-corrected chi connectivity index (χ0v) is 19.6. The van der Waals surface area contributed by atoms with E-state index in [9.17, 15) is 4.79 Å². The summed E-state index contributed by atoms with van der Waals surface area (Å²) in [7, 11) is 0. The Labute approximate surface area is 176 Å². The predicted molar refractivity (Wildman–Crippen MR) is 121 cm³/mol. The summed E-state index contributed by atoms with van der Waals surface area (Å²) < 4.78 is 11.5. The maximum Gasteiger partial charge on any atom is 0.305 e. The highest BCUT2D eigenvalue weighted by atomic mass is 16.5. The van der Waals surface area contributed by atoms with Gasteiger partial charge in [-0.2, -0.15) is 0 Å². The van der Waals surface area contributed by atoms with Gasteiger partial charge in [0.25, 0.3) is 0 Å². The van der Waals surface area contributed by atoms with Crippen molar-refractivity contribution in [2.45, 2.75) is 124 Å². The van der Waals surface area contributed by atoms with Gasteiger partial charge in [-0.3, -0.25) is 4.79 Å². The van der Waals surface area contributed by atoms with Gasteiger partial charge in [0, 0.05) is 19.6 Å². The first-order valence-electron chi connectivity index (χ1n) is 12.4. The van der Waals surface area contributed by atoms with Crippen molar-refractivity contribution in [3.8, 4) is 0 Å². The first-order chi connectivity index (χ1) is 13.7. The summed E-state index contributed by atoms with van der Waals surface area (Å²) >= 11 is 0. The highest BCUT2D eigenvalue weighted by molar-refractivity contribution is 5.69. The van der Waals surface area contributed by atoms with Crippen LogP contribution in [0.4, 0.5) is 0 Å². The lowest BCUT2D eigenvalue weighted by Gasteiger charge is -2.21. The monoisotopic (exact) mass is 398 g/mol. The first-order valence-corrected chi connectivity index (χ1v) is 12.4. The molecule has 3 heteroatoms. The topological polar surface area (TPSA) is 35.5 Å². The lowest BCUT2D eigenvalue weighted by Crippen LogP contribution is -2.19. The summed E-state index contributed by atoms with van der Waals surface area (Å²) in [5.41, 5.74) is 0. The molecule has 0 N–H and O–H groups in total. The van der Waals surface area contributed by atoms with Crippen molar-refractivity contribution >= 4 is 5.97 Å². The molecular weight excluding hydrogens is 348 g/mol. The standard InChI is InChI=1S/C25H50O3/c1-5-9-11-13-15-17-19-27-21-23(7-3)20-24(8-4)22-28-25(26)18-16-14-12-10-6-2/h23-24H,5-22H2,1-4H3. The van der Waals surface area contributed by atoms with E-state index in [2.05, 4.69) is 27.7 Å². The third kappa shape index (κ3) is 17.5. The van der Waals surface area contributed by atoms with E-state index in [1.165, 1.54) is 57.8 Å². The van der Waals surface area contributed by atoms with Crippen LogP contribution in [-0.2, 0) is 14.3 Å². The zero-order valence-electron chi connectivity index (χ0n) is 19.6. The van der Waals surface area contributed by atoms with Crippen LogP contribution in [0.5, 0.6) is 0 Å². The van der Waals surface area contributed by atoms with Crippen LogP contribution < -0.4 is 0 Å². The molecule has 0 amide bonds. The van der Waals surface area contributed by atoms with E-state index in [0.29, 0.717) is 24.9 Å². The second-order valence-corrected chi connectivity index (χ2v) is 8.47. The molecule has 28 heavy (non-hydrogen) atoms. The number of hydrogen-bond donors (Lipinski definition) is 0. The molecule has 0 aromatic rings. The van der Waals surface area contributed by atoms with Crippen LogP contribution >= 0.6 is 0 Å². The highest BCUT2D eigenvalue weighted by Gasteiger charge is 2.16. The predicted octanol–water partition coefficient (Wildman–Crippen LogP) is 7.71. The summed E-state index contributed by atoms with van der Waals surface area (Å²) in [6, 6.07) is 0. The number of carbonyl (C=O) groups excluding carboxylic acids is 1. The molecule has 0 aromatic heterocycles. The van der Waals surface area contributed by atoms with E-state index in [4.69, 9.17) is 9.47 Å². The molecule has 0 spiro atoms. The van der Waals surface area contributed by atoms with Gasteiger partial charge >= 0.3 is 5.97 Å². The zero-order chi connectivity index (χ0) is 20.9. The molecular formula is C25H50O3. The van der Waals surface area contributed by atoms with Crippen LogP contribution in [0.2, 0.25) is 0 Å². The van der Waals surface area contributed by atoms with Crippen molar-refractivity contribution in [1.29, 1.82) is 0 Å². The molecule has 0 saturated carbocycles. The van der Waals surface area contributed by atoms with E-state index in [-0.39, 0.29) is 5.97 Å². The van der Waals surface area contributed by atoms with Gasteiger partial charge in [-0.05, 0) is 31.1 Å². The number of esters is 1. The molecule has 0 radical (unpaired) electrons. The van der Waals surface area contributed by atoms with Gasteiger partial charge in [0.15, 0.2) is 0 Å². The van der Waals surface area contributed by atoms with E-state index in [1.54, 1.807) is 0 Å². The molecule has 0 aromatic carbocycles. The van der Waals surface area contributed by atoms with Crippen molar-refractivity contribution < 1.29 is 14.3 Å². The minimum atomic E-state index is -0.0117. The van der Waals surface area contributed by atoms with Crippen molar-refractivity contribution in [2.24, 2.45) is 11.8 Å². The first kappa shape index (κ1) is 27.4. The third-order valence-electron chi connectivity index (χ3n) is 5.78. The molecule has 2 atom stereocenters. The van der Waals surface area contributed by atoms with Gasteiger partial charge in [0.2, 0.25) is 0 Å². The Kier molecular flexibility index (Phi) is 20.7. The minimum Gasteiger partial charge on any atom is -0.465 e. The number of hydrogen-bond acceptors (Lipinski definition) is 3. The van der Waals surface area contributed by atoms with Crippen molar-refractivity contribution in [2.75, 3.05) is 19.8 Å². The van der Waals surface area contributed by atoms with Crippen LogP contribution in [0.3, 0.4) is 0 Å². The lowest BCUT2D eigenvalue weighted by atomic mass is 9.92. The average Bonchev–Trinajstić information content (AvgIpc) is 2.71. The summed E-state index contributed by atoms with van der Waals surface area (Å²) in [6.45, 7) is 11.2. The molecule has 0 saturated heterocycles.